The summed E-state index contributed by atoms with van der Waals surface area (Å²) in [6, 6.07) is 5.91. The molecule has 2 rings (SSSR count). The molecule has 104 valence electrons. The molecule has 0 unspecified atom stereocenters. The first-order valence-electron chi connectivity index (χ1n) is 6.73. The number of ether oxygens (including phenoxy) is 1. The van der Waals surface area contributed by atoms with Gasteiger partial charge in [-0.3, -0.25) is 4.79 Å². The summed E-state index contributed by atoms with van der Waals surface area (Å²) >= 11 is 0. The molecule has 1 saturated heterocycles. The Bertz CT molecular complexity index is 438. The molecule has 1 aromatic carbocycles. The third-order valence-electron chi connectivity index (χ3n) is 3.50. The molecule has 0 spiro atoms. The summed E-state index contributed by atoms with van der Waals surface area (Å²) in [5, 5.41) is 9.57. The summed E-state index contributed by atoms with van der Waals surface area (Å²) < 4.78 is 5.64. The summed E-state index contributed by atoms with van der Waals surface area (Å²) in [5.41, 5.74) is 2.07. The maximum Gasteiger partial charge on any atom is 0.260 e. The number of carbonyl (C=O) groups excluding carboxylic acids is 1. The lowest BCUT2D eigenvalue weighted by Crippen LogP contribution is -2.44. The summed E-state index contributed by atoms with van der Waals surface area (Å²) in [4.78, 5) is 13.7. The van der Waals surface area contributed by atoms with Crippen LogP contribution in [-0.2, 0) is 4.79 Å². The van der Waals surface area contributed by atoms with Crippen molar-refractivity contribution >= 4 is 5.91 Å². The number of hydrogen-bond donors (Lipinski definition) is 1. The average Bonchev–Trinajstić information content (AvgIpc) is 2.38. The van der Waals surface area contributed by atoms with E-state index >= 15 is 0 Å². The van der Waals surface area contributed by atoms with Crippen molar-refractivity contribution in [3.63, 3.8) is 0 Å². The van der Waals surface area contributed by atoms with Crippen molar-refractivity contribution in [2.45, 2.75) is 32.8 Å². The van der Waals surface area contributed by atoms with E-state index < -0.39 is 6.10 Å². The smallest absolute Gasteiger partial charge is 0.260 e. The molecule has 1 heterocycles. The minimum absolute atomic E-state index is 0.0401. The number of amides is 1. The molecule has 1 aliphatic heterocycles. The molecular formula is C15H21NO3. The highest BCUT2D eigenvalue weighted by Crippen LogP contribution is 2.22. The second-order valence-electron chi connectivity index (χ2n) is 5.15. The lowest BCUT2D eigenvalue weighted by molar-refractivity contribution is -0.136. The zero-order valence-corrected chi connectivity index (χ0v) is 11.6. The van der Waals surface area contributed by atoms with Crippen LogP contribution >= 0.6 is 0 Å². The van der Waals surface area contributed by atoms with E-state index in [0.717, 1.165) is 29.7 Å². The number of aryl methyl sites for hydroxylation is 2. The van der Waals surface area contributed by atoms with E-state index in [-0.39, 0.29) is 12.5 Å². The van der Waals surface area contributed by atoms with Crippen LogP contribution in [0.15, 0.2) is 18.2 Å². The van der Waals surface area contributed by atoms with Gasteiger partial charge in [-0.05, 0) is 37.8 Å². The molecule has 0 aromatic heterocycles. The molecule has 1 atom stereocenters. The van der Waals surface area contributed by atoms with Gasteiger partial charge in [-0.1, -0.05) is 18.2 Å². The molecule has 1 aromatic rings. The van der Waals surface area contributed by atoms with Crippen LogP contribution in [0, 0.1) is 13.8 Å². The highest BCUT2D eigenvalue weighted by molar-refractivity contribution is 5.78. The summed E-state index contributed by atoms with van der Waals surface area (Å²) in [5.74, 6) is 0.731. The Balaban J connectivity index is 1.93. The summed E-state index contributed by atoms with van der Waals surface area (Å²) in [6.45, 7) is 5.12. The first kappa shape index (κ1) is 13.9. The van der Waals surface area contributed by atoms with Crippen LogP contribution < -0.4 is 4.74 Å². The molecule has 19 heavy (non-hydrogen) atoms. The molecular weight excluding hydrogens is 242 g/mol. The Labute approximate surface area is 114 Å². The number of carbonyl (C=O) groups is 1. The normalized spacial score (nSPS) is 19.3. The summed E-state index contributed by atoms with van der Waals surface area (Å²) in [6.07, 6.45) is 1.25. The van der Waals surface area contributed by atoms with Gasteiger partial charge in [-0.15, -0.1) is 0 Å². The van der Waals surface area contributed by atoms with Crippen molar-refractivity contribution in [3.05, 3.63) is 29.3 Å². The van der Waals surface area contributed by atoms with Crippen LogP contribution in [0.3, 0.4) is 0 Å². The van der Waals surface area contributed by atoms with Crippen LogP contribution in [0.4, 0.5) is 0 Å². The lowest BCUT2D eigenvalue weighted by Gasteiger charge is -2.30. The van der Waals surface area contributed by atoms with Crippen molar-refractivity contribution in [2.75, 3.05) is 19.7 Å². The fourth-order valence-corrected chi connectivity index (χ4v) is 2.43. The number of nitrogens with zero attached hydrogens (tertiary/aromatic N) is 1. The number of likely N-dealkylation sites (tertiary alicyclic amines) is 1. The third-order valence-corrected chi connectivity index (χ3v) is 3.50. The quantitative estimate of drug-likeness (QED) is 0.902. The fraction of sp³-hybridized carbons (Fsp3) is 0.533. The second-order valence-corrected chi connectivity index (χ2v) is 5.15. The summed E-state index contributed by atoms with van der Waals surface area (Å²) in [7, 11) is 0. The van der Waals surface area contributed by atoms with Crippen molar-refractivity contribution in [1.82, 2.24) is 4.90 Å². The van der Waals surface area contributed by atoms with E-state index in [1.807, 2.05) is 32.0 Å². The number of para-hydroxylation sites is 1. The largest absolute Gasteiger partial charge is 0.483 e. The maximum atomic E-state index is 12.0. The van der Waals surface area contributed by atoms with Gasteiger partial charge in [0, 0.05) is 13.1 Å². The monoisotopic (exact) mass is 263 g/mol. The second kappa shape index (κ2) is 6.06. The molecule has 1 amide bonds. The number of rotatable bonds is 3. The molecule has 0 saturated carbocycles. The molecule has 4 heteroatoms. The van der Waals surface area contributed by atoms with Crippen molar-refractivity contribution in [1.29, 1.82) is 0 Å². The molecule has 1 N–H and O–H groups in total. The predicted octanol–water partition coefficient (Wildman–Crippen LogP) is 1.67. The Morgan fingerprint density at radius 2 is 2.11 bits per heavy atom. The number of aliphatic hydroxyl groups excluding tert-OH is 1. The Morgan fingerprint density at radius 3 is 2.74 bits per heavy atom. The maximum absolute atomic E-state index is 12.0. The van der Waals surface area contributed by atoms with E-state index in [2.05, 4.69) is 0 Å². The minimum atomic E-state index is -0.391. The Hall–Kier alpha value is -1.55. The number of benzene rings is 1. The molecule has 0 radical (unpaired) electrons. The molecule has 1 fully saturated rings. The van der Waals surface area contributed by atoms with E-state index in [1.54, 1.807) is 4.90 Å². The van der Waals surface area contributed by atoms with Crippen molar-refractivity contribution in [3.8, 4) is 5.75 Å². The van der Waals surface area contributed by atoms with Crippen molar-refractivity contribution < 1.29 is 14.6 Å². The standard InChI is InChI=1S/C15H21NO3/c1-11-5-3-6-12(2)15(11)19-10-14(18)16-8-4-7-13(17)9-16/h3,5-6,13,17H,4,7-10H2,1-2H3/t13-/m1/s1. The van der Waals surface area contributed by atoms with Gasteiger partial charge in [0.05, 0.1) is 6.10 Å². The molecule has 0 aliphatic carbocycles. The first-order valence-corrected chi connectivity index (χ1v) is 6.73. The van der Waals surface area contributed by atoms with Gasteiger partial charge in [0.2, 0.25) is 0 Å². The van der Waals surface area contributed by atoms with E-state index in [9.17, 15) is 9.90 Å². The van der Waals surface area contributed by atoms with Crippen LogP contribution in [0.25, 0.3) is 0 Å². The van der Waals surface area contributed by atoms with Crippen LogP contribution in [-0.4, -0.2) is 41.7 Å². The van der Waals surface area contributed by atoms with Gasteiger partial charge in [-0.2, -0.15) is 0 Å². The Kier molecular flexibility index (Phi) is 4.43. The molecule has 0 bridgehead atoms. The van der Waals surface area contributed by atoms with Gasteiger partial charge in [0.25, 0.3) is 5.91 Å². The van der Waals surface area contributed by atoms with Gasteiger partial charge >= 0.3 is 0 Å². The van der Waals surface area contributed by atoms with Gasteiger partial charge in [-0.25, -0.2) is 0 Å². The van der Waals surface area contributed by atoms with Crippen LogP contribution in [0.5, 0.6) is 5.75 Å². The average molecular weight is 263 g/mol. The molecule has 1 aliphatic rings. The minimum Gasteiger partial charge on any atom is -0.483 e. The zero-order valence-electron chi connectivity index (χ0n) is 11.6. The predicted molar refractivity (Wildman–Crippen MR) is 73.2 cm³/mol. The van der Waals surface area contributed by atoms with Gasteiger partial charge < -0.3 is 14.7 Å². The first-order chi connectivity index (χ1) is 9.08. The highest BCUT2D eigenvalue weighted by Gasteiger charge is 2.22. The van der Waals surface area contributed by atoms with E-state index in [1.165, 1.54) is 0 Å². The third kappa shape index (κ3) is 3.47. The van der Waals surface area contributed by atoms with E-state index in [0.29, 0.717) is 13.1 Å². The lowest BCUT2D eigenvalue weighted by atomic mass is 10.1. The number of aliphatic hydroxyl groups is 1. The number of β-amino-alcohol motifs (C(OH)–C–C–N with tert-alkyl or cyclic N) is 1. The topological polar surface area (TPSA) is 49.8 Å². The highest BCUT2D eigenvalue weighted by atomic mass is 16.5. The fourth-order valence-electron chi connectivity index (χ4n) is 2.43. The van der Waals surface area contributed by atoms with Gasteiger partial charge in [0.1, 0.15) is 5.75 Å². The van der Waals surface area contributed by atoms with Crippen LogP contribution in [0.1, 0.15) is 24.0 Å². The molecule has 4 nitrogen and oxygen atoms in total. The zero-order chi connectivity index (χ0) is 13.8. The van der Waals surface area contributed by atoms with Crippen LogP contribution in [0.2, 0.25) is 0 Å². The van der Waals surface area contributed by atoms with Gasteiger partial charge in [0.15, 0.2) is 6.61 Å². The Morgan fingerprint density at radius 1 is 1.42 bits per heavy atom. The van der Waals surface area contributed by atoms with E-state index in [4.69, 9.17) is 4.74 Å². The number of piperidine rings is 1. The van der Waals surface area contributed by atoms with Crippen molar-refractivity contribution in [2.24, 2.45) is 0 Å². The number of hydrogen-bond acceptors (Lipinski definition) is 3. The SMILES string of the molecule is Cc1cccc(C)c1OCC(=O)N1CCC[C@@H](O)C1.